The lowest BCUT2D eigenvalue weighted by molar-refractivity contribution is -0.133. The molecule has 100 valence electrons. The zero-order valence-corrected chi connectivity index (χ0v) is 11.7. The number of carbonyl (C=O) groups is 1. The van der Waals surface area contributed by atoms with Crippen LogP contribution in [0.1, 0.15) is 52.9 Å². The molecule has 17 heavy (non-hydrogen) atoms. The SMILES string of the molecule is CCCN(CCC)C(=O)CN1CCCCC1C. The molecule has 1 atom stereocenters. The molecular weight excluding hydrogens is 212 g/mol. The standard InChI is InChI=1S/C14H28N2O/c1-4-9-15(10-5-2)14(17)12-16-11-7-6-8-13(16)3/h13H,4-12H2,1-3H3. The second-order valence-corrected chi connectivity index (χ2v) is 5.20. The number of likely N-dealkylation sites (tertiary alicyclic amines) is 1. The minimum Gasteiger partial charge on any atom is -0.342 e. The summed E-state index contributed by atoms with van der Waals surface area (Å²) in [6.07, 6.45) is 5.93. The van der Waals surface area contributed by atoms with Crippen molar-refractivity contribution < 1.29 is 4.79 Å². The van der Waals surface area contributed by atoms with Crippen molar-refractivity contribution >= 4 is 5.91 Å². The van der Waals surface area contributed by atoms with Gasteiger partial charge in [0, 0.05) is 19.1 Å². The normalized spacial score (nSPS) is 21.5. The molecular formula is C14H28N2O. The molecule has 3 heteroatoms. The van der Waals surface area contributed by atoms with Crippen LogP contribution in [0.5, 0.6) is 0 Å². The highest BCUT2D eigenvalue weighted by Crippen LogP contribution is 2.16. The van der Waals surface area contributed by atoms with Crippen molar-refractivity contribution in [2.45, 2.75) is 58.9 Å². The molecule has 0 bridgehead atoms. The molecule has 1 fully saturated rings. The van der Waals surface area contributed by atoms with Crippen LogP contribution >= 0.6 is 0 Å². The predicted molar refractivity (Wildman–Crippen MR) is 72.0 cm³/mol. The third kappa shape index (κ3) is 4.66. The van der Waals surface area contributed by atoms with Gasteiger partial charge in [0.05, 0.1) is 6.54 Å². The lowest BCUT2D eigenvalue weighted by atomic mass is 10.0. The zero-order valence-electron chi connectivity index (χ0n) is 11.7. The molecule has 1 aliphatic heterocycles. The molecule has 1 saturated heterocycles. The summed E-state index contributed by atoms with van der Waals surface area (Å²) >= 11 is 0. The Kier molecular flexibility index (Phi) is 6.56. The molecule has 0 aromatic heterocycles. The van der Waals surface area contributed by atoms with E-state index in [0.717, 1.165) is 32.5 Å². The van der Waals surface area contributed by atoms with Crippen molar-refractivity contribution in [3.8, 4) is 0 Å². The van der Waals surface area contributed by atoms with Gasteiger partial charge in [-0.3, -0.25) is 9.69 Å². The zero-order chi connectivity index (χ0) is 12.7. The van der Waals surface area contributed by atoms with E-state index < -0.39 is 0 Å². The van der Waals surface area contributed by atoms with E-state index in [1.165, 1.54) is 19.3 Å². The third-order valence-corrected chi connectivity index (χ3v) is 3.62. The number of carbonyl (C=O) groups excluding carboxylic acids is 1. The average molecular weight is 240 g/mol. The Morgan fingerprint density at radius 1 is 1.24 bits per heavy atom. The van der Waals surface area contributed by atoms with E-state index in [1.54, 1.807) is 0 Å². The van der Waals surface area contributed by atoms with E-state index in [-0.39, 0.29) is 0 Å². The topological polar surface area (TPSA) is 23.6 Å². The van der Waals surface area contributed by atoms with E-state index in [9.17, 15) is 4.79 Å². The van der Waals surface area contributed by atoms with Crippen LogP contribution in [0.4, 0.5) is 0 Å². The maximum Gasteiger partial charge on any atom is 0.236 e. The minimum atomic E-state index is 0.322. The summed E-state index contributed by atoms with van der Waals surface area (Å²) in [5, 5.41) is 0. The average Bonchev–Trinajstić information content (AvgIpc) is 2.32. The molecule has 1 heterocycles. The highest BCUT2D eigenvalue weighted by Gasteiger charge is 2.22. The lowest BCUT2D eigenvalue weighted by Gasteiger charge is -2.34. The van der Waals surface area contributed by atoms with E-state index in [4.69, 9.17) is 0 Å². The first-order valence-electron chi connectivity index (χ1n) is 7.20. The smallest absolute Gasteiger partial charge is 0.236 e. The van der Waals surface area contributed by atoms with Crippen molar-refractivity contribution in [1.82, 2.24) is 9.80 Å². The van der Waals surface area contributed by atoms with Gasteiger partial charge in [0.15, 0.2) is 0 Å². The van der Waals surface area contributed by atoms with Crippen LogP contribution in [0.25, 0.3) is 0 Å². The number of amides is 1. The van der Waals surface area contributed by atoms with Crippen molar-refractivity contribution in [2.75, 3.05) is 26.2 Å². The summed E-state index contributed by atoms with van der Waals surface area (Å²) in [7, 11) is 0. The number of piperidine rings is 1. The molecule has 1 rings (SSSR count). The van der Waals surface area contributed by atoms with Gasteiger partial charge in [0.25, 0.3) is 0 Å². The van der Waals surface area contributed by atoms with Crippen LogP contribution in [0.15, 0.2) is 0 Å². The van der Waals surface area contributed by atoms with Gasteiger partial charge in [0.2, 0.25) is 5.91 Å². The highest BCUT2D eigenvalue weighted by molar-refractivity contribution is 5.78. The molecule has 1 unspecified atom stereocenters. The Bertz CT molecular complexity index is 224. The Hall–Kier alpha value is -0.570. The molecule has 0 aromatic rings. The van der Waals surface area contributed by atoms with Crippen molar-refractivity contribution in [2.24, 2.45) is 0 Å². The van der Waals surface area contributed by atoms with Crippen molar-refractivity contribution in [3.63, 3.8) is 0 Å². The fourth-order valence-electron chi connectivity index (χ4n) is 2.57. The molecule has 3 nitrogen and oxygen atoms in total. The summed E-state index contributed by atoms with van der Waals surface area (Å²) in [6, 6.07) is 0.581. The molecule has 1 aliphatic rings. The Balaban J connectivity index is 2.44. The molecule has 1 amide bonds. The number of nitrogens with zero attached hydrogens (tertiary/aromatic N) is 2. The van der Waals surface area contributed by atoms with Crippen LogP contribution in [-0.2, 0) is 4.79 Å². The minimum absolute atomic E-state index is 0.322. The van der Waals surface area contributed by atoms with Gasteiger partial charge in [-0.05, 0) is 39.2 Å². The third-order valence-electron chi connectivity index (χ3n) is 3.62. The molecule has 0 saturated carbocycles. The highest BCUT2D eigenvalue weighted by atomic mass is 16.2. The second kappa shape index (κ2) is 7.70. The molecule has 0 radical (unpaired) electrons. The first kappa shape index (κ1) is 14.5. The van der Waals surface area contributed by atoms with Crippen molar-refractivity contribution in [1.29, 1.82) is 0 Å². The summed E-state index contributed by atoms with van der Waals surface area (Å²) < 4.78 is 0. The van der Waals surface area contributed by atoms with Gasteiger partial charge in [-0.25, -0.2) is 0 Å². The predicted octanol–water partition coefficient (Wildman–Crippen LogP) is 2.51. The summed E-state index contributed by atoms with van der Waals surface area (Å²) in [5.41, 5.74) is 0. The van der Waals surface area contributed by atoms with Gasteiger partial charge in [-0.15, -0.1) is 0 Å². The van der Waals surface area contributed by atoms with Crippen LogP contribution in [0.2, 0.25) is 0 Å². The van der Waals surface area contributed by atoms with Crippen LogP contribution in [-0.4, -0.2) is 47.9 Å². The van der Waals surface area contributed by atoms with Gasteiger partial charge in [0.1, 0.15) is 0 Å². The summed E-state index contributed by atoms with van der Waals surface area (Å²) in [5.74, 6) is 0.322. The Labute approximate surface area is 106 Å². The Morgan fingerprint density at radius 3 is 2.41 bits per heavy atom. The van der Waals surface area contributed by atoms with E-state index in [2.05, 4.69) is 25.7 Å². The van der Waals surface area contributed by atoms with E-state index in [1.807, 2.05) is 4.90 Å². The van der Waals surface area contributed by atoms with Gasteiger partial charge < -0.3 is 4.90 Å². The van der Waals surface area contributed by atoms with Gasteiger partial charge in [-0.2, -0.15) is 0 Å². The van der Waals surface area contributed by atoms with Gasteiger partial charge in [-0.1, -0.05) is 20.3 Å². The largest absolute Gasteiger partial charge is 0.342 e. The molecule has 0 N–H and O–H groups in total. The fraction of sp³-hybridized carbons (Fsp3) is 0.929. The van der Waals surface area contributed by atoms with Crippen LogP contribution < -0.4 is 0 Å². The quantitative estimate of drug-likeness (QED) is 0.712. The molecule has 0 aliphatic carbocycles. The monoisotopic (exact) mass is 240 g/mol. The number of hydrogen-bond acceptors (Lipinski definition) is 2. The number of hydrogen-bond donors (Lipinski definition) is 0. The second-order valence-electron chi connectivity index (χ2n) is 5.20. The lowest BCUT2D eigenvalue weighted by Crippen LogP contribution is -2.46. The fourth-order valence-corrected chi connectivity index (χ4v) is 2.57. The van der Waals surface area contributed by atoms with E-state index >= 15 is 0 Å². The van der Waals surface area contributed by atoms with Crippen molar-refractivity contribution in [3.05, 3.63) is 0 Å². The summed E-state index contributed by atoms with van der Waals surface area (Å²) in [6.45, 7) is 10.1. The molecule has 0 spiro atoms. The number of rotatable bonds is 6. The van der Waals surface area contributed by atoms with Crippen LogP contribution in [0, 0.1) is 0 Å². The van der Waals surface area contributed by atoms with Crippen LogP contribution in [0.3, 0.4) is 0 Å². The maximum atomic E-state index is 12.2. The first-order chi connectivity index (χ1) is 8.19. The van der Waals surface area contributed by atoms with Gasteiger partial charge >= 0.3 is 0 Å². The summed E-state index contributed by atoms with van der Waals surface area (Å²) in [4.78, 5) is 16.6. The Morgan fingerprint density at radius 2 is 1.88 bits per heavy atom. The first-order valence-corrected chi connectivity index (χ1v) is 7.20. The maximum absolute atomic E-state index is 12.2. The van der Waals surface area contributed by atoms with E-state index in [0.29, 0.717) is 18.5 Å². The molecule has 0 aromatic carbocycles.